The topological polar surface area (TPSA) is 55.8 Å². The van der Waals surface area contributed by atoms with E-state index in [1.165, 1.54) is 32.1 Å². The number of esters is 1. The Bertz CT molecular complexity index is 925. The molecule has 0 aromatic heterocycles. The Kier molecular flexibility index (Phi) is 7.48. The number of methoxy groups -OCH3 is 2. The first-order valence-corrected chi connectivity index (χ1v) is 9.30. The van der Waals surface area contributed by atoms with Crippen molar-refractivity contribution in [3.8, 4) is 16.9 Å². The third-order valence-corrected chi connectivity index (χ3v) is 4.75. The van der Waals surface area contributed by atoms with E-state index in [4.69, 9.17) is 4.74 Å². The average molecular weight is 423 g/mol. The zero-order valence-electron chi connectivity index (χ0n) is 17.3. The summed E-state index contributed by atoms with van der Waals surface area (Å²) in [5.74, 6) is -0.240. The molecule has 0 fully saturated rings. The molecule has 5 nitrogen and oxygen atoms in total. The highest BCUT2D eigenvalue weighted by atomic mass is 19.4. The molecular weight excluding hydrogens is 399 g/mol. The van der Waals surface area contributed by atoms with E-state index in [1.807, 2.05) is 0 Å². The molecule has 2 aromatic carbocycles. The van der Waals surface area contributed by atoms with Gasteiger partial charge in [-0.25, -0.2) is 0 Å². The number of carbonyl (C=O) groups excluding carboxylic acids is 2. The van der Waals surface area contributed by atoms with E-state index in [-0.39, 0.29) is 18.9 Å². The summed E-state index contributed by atoms with van der Waals surface area (Å²) in [5, 5.41) is 0. The second-order valence-electron chi connectivity index (χ2n) is 6.69. The highest BCUT2D eigenvalue weighted by molar-refractivity contribution is 5.78. The lowest BCUT2D eigenvalue weighted by molar-refractivity contribution is -0.140. The van der Waals surface area contributed by atoms with Crippen LogP contribution < -0.4 is 4.74 Å². The van der Waals surface area contributed by atoms with Gasteiger partial charge in [-0.3, -0.25) is 9.59 Å². The predicted molar refractivity (Wildman–Crippen MR) is 106 cm³/mol. The maximum Gasteiger partial charge on any atom is 0.416 e. The number of rotatable bonds is 7. The molecule has 0 unspecified atom stereocenters. The zero-order valence-corrected chi connectivity index (χ0v) is 17.3. The standard InChI is InChI=1S/C22H24F3NO4/c1-5-26(14(2)27)13-16-12-17(22(23,24)25)7-8-18(16)19-10-15(11-21(28)30-4)6-9-20(19)29-3/h6-10,12H,5,11,13H2,1-4H3. The second-order valence-corrected chi connectivity index (χ2v) is 6.69. The average Bonchev–Trinajstić information content (AvgIpc) is 2.70. The van der Waals surface area contributed by atoms with Crippen molar-refractivity contribution in [2.45, 2.75) is 33.0 Å². The Morgan fingerprint density at radius 2 is 1.73 bits per heavy atom. The second kappa shape index (κ2) is 9.65. The van der Waals surface area contributed by atoms with Crippen LogP contribution in [0.15, 0.2) is 36.4 Å². The highest BCUT2D eigenvalue weighted by Gasteiger charge is 2.31. The Labute approximate surface area is 173 Å². The van der Waals surface area contributed by atoms with Gasteiger partial charge in [-0.2, -0.15) is 13.2 Å². The molecule has 162 valence electrons. The first kappa shape index (κ1) is 23.3. The summed E-state index contributed by atoms with van der Waals surface area (Å²) in [6.07, 6.45) is -4.50. The van der Waals surface area contributed by atoms with Crippen molar-refractivity contribution in [2.75, 3.05) is 20.8 Å². The number of benzene rings is 2. The Morgan fingerprint density at radius 1 is 1.03 bits per heavy atom. The lowest BCUT2D eigenvalue weighted by Crippen LogP contribution is -2.28. The molecule has 0 aliphatic carbocycles. The van der Waals surface area contributed by atoms with Crippen molar-refractivity contribution < 1.29 is 32.2 Å². The van der Waals surface area contributed by atoms with Crippen LogP contribution in [0.2, 0.25) is 0 Å². The van der Waals surface area contributed by atoms with Gasteiger partial charge >= 0.3 is 12.1 Å². The van der Waals surface area contributed by atoms with Crippen LogP contribution in [0.5, 0.6) is 5.75 Å². The van der Waals surface area contributed by atoms with Crippen LogP contribution in [0.25, 0.3) is 11.1 Å². The third kappa shape index (κ3) is 5.52. The fourth-order valence-electron chi connectivity index (χ4n) is 3.13. The van der Waals surface area contributed by atoms with Gasteiger partial charge in [0, 0.05) is 25.6 Å². The quantitative estimate of drug-likeness (QED) is 0.617. The predicted octanol–water partition coefficient (Wildman–Crippen LogP) is 4.46. The number of alkyl halides is 3. The lowest BCUT2D eigenvalue weighted by Gasteiger charge is -2.23. The minimum atomic E-state index is -4.52. The zero-order chi connectivity index (χ0) is 22.5. The van der Waals surface area contributed by atoms with Crippen LogP contribution in [0.4, 0.5) is 13.2 Å². The molecule has 0 aliphatic heterocycles. The van der Waals surface area contributed by atoms with Gasteiger partial charge in [0.05, 0.1) is 26.2 Å². The van der Waals surface area contributed by atoms with Gasteiger partial charge in [0.25, 0.3) is 0 Å². The molecule has 2 rings (SSSR count). The molecule has 0 aliphatic rings. The van der Waals surface area contributed by atoms with Gasteiger partial charge < -0.3 is 14.4 Å². The fraction of sp³-hybridized carbons (Fsp3) is 0.364. The van der Waals surface area contributed by atoms with Crippen LogP contribution in [0.3, 0.4) is 0 Å². The Balaban J connectivity index is 2.65. The van der Waals surface area contributed by atoms with Crippen molar-refractivity contribution in [1.29, 1.82) is 0 Å². The summed E-state index contributed by atoms with van der Waals surface area (Å²) in [7, 11) is 2.73. The fourth-order valence-corrected chi connectivity index (χ4v) is 3.13. The summed E-state index contributed by atoms with van der Waals surface area (Å²) >= 11 is 0. The monoisotopic (exact) mass is 423 g/mol. The number of nitrogens with zero attached hydrogens (tertiary/aromatic N) is 1. The van der Waals surface area contributed by atoms with Crippen molar-refractivity contribution in [3.63, 3.8) is 0 Å². The van der Waals surface area contributed by atoms with Gasteiger partial charge in [-0.1, -0.05) is 12.1 Å². The Morgan fingerprint density at radius 3 is 2.27 bits per heavy atom. The molecule has 0 saturated heterocycles. The van der Waals surface area contributed by atoms with E-state index in [1.54, 1.807) is 25.1 Å². The van der Waals surface area contributed by atoms with Crippen LogP contribution in [0.1, 0.15) is 30.5 Å². The summed E-state index contributed by atoms with van der Waals surface area (Å²) in [5.41, 5.74) is 1.18. The lowest BCUT2D eigenvalue weighted by atomic mass is 9.94. The molecule has 0 spiro atoms. The third-order valence-electron chi connectivity index (χ3n) is 4.75. The molecular formula is C22H24F3NO4. The van der Waals surface area contributed by atoms with Crippen molar-refractivity contribution in [2.24, 2.45) is 0 Å². The minimum Gasteiger partial charge on any atom is -0.496 e. The molecule has 8 heteroatoms. The van der Waals surface area contributed by atoms with E-state index >= 15 is 0 Å². The highest BCUT2D eigenvalue weighted by Crippen LogP contribution is 2.38. The van der Waals surface area contributed by atoms with Crippen LogP contribution in [-0.4, -0.2) is 37.5 Å². The van der Waals surface area contributed by atoms with E-state index in [0.717, 1.165) is 12.1 Å². The van der Waals surface area contributed by atoms with E-state index in [9.17, 15) is 22.8 Å². The number of hydrogen-bond donors (Lipinski definition) is 0. The minimum absolute atomic E-state index is 0.00940. The molecule has 0 N–H and O–H groups in total. The summed E-state index contributed by atoms with van der Waals surface area (Å²) in [4.78, 5) is 25.0. The van der Waals surface area contributed by atoms with Crippen LogP contribution >= 0.6 is 0 Å². The van der Waals surface area contributed by atoms with Gasteiger partial charge in [0.15, 0.2) is 0 Å². The van der Waals surface area contributed by atoms with Gasteiger partial charge in [0.1, 0.15) is 5.75 Å². The van der Waals surface area contributed by atoms with Gasteiger partial charge in [-0.05, 0) is 47.9 Å². The first-order valence-electron chi connectivity index (χ1n) is 9.30. The molecule has 0 heterocycles. The molecule has 2 aromatic rings. The molecule has 0 atom stereocenters. The Hall–Kier alpha value is -3.03. The van der Waals surface area contributed by atoms with Gasteiger partial charge in [0.2, 0.25) is 5.91 Å². The maximum absolute atomic E-state index is 13.3. The molecule has 0 saturated carbocycles. The van der Waals surface area contributed by atoms with E-state index in [0.29, 0.717) is 34.5 Å². The number of hydrogen-bond acceptors (Lipinski definition) is 4. The number of ether oxygens (including phenoxy) is 2. The molecule has 1 amide bonds. The molecule has 30 heavy (non-hydrogen) atoms. The smallest absolute Gasteiger partial charge is 0.416 e. The van der Waals surface area contributed by atoms with E-state index in [2.05, 4.69) is 4.74 Å². The largest absolute Gasteiger partial charge is 0.496 e. The SMILES string of the molecule is CCN(Cc1cc(C(F)(F)F)ccc1-c1cc(CC(=O)OC)ccc1OC)C(C)=O. The van der Waals surface area contributed by atoms with Crippen molar-refractivity contribution >= 4 is 11.9 Å². The first-order chi connectivity index (χ1) is 14.1. The molecule has 0 radical (unpaired) electrons. The summed E-state index contributed by atoms with van der Waals surface area (Å²) in [6.45, 7) is 3.49. The molecule has 0 bridgehead atoms. The van der Waals surface area contributed by atoms with Crippen LogP contribution in [-0.2, 0) is 33.5 Å². The number of carbonyl (C=O) groups is 2. The van der Waals surface area contributed by atoms with Crippen LogP contribution in [0, 0.1) is 0 Å². The summed E-state index contributed by atoms with van der Waals surface area (Å²) in [6, 6.07) is 8.44. The van der Waals surface area contributed by atoms with E-state index < -0.39 is 17.7 Å². The van der Waals surface area contributed by atoms with Gasteiger partial charge in [-0.15, -0.1) is 0 Å². The maximum atomic E-state index is 13.3. The van der Waals surface area contributed by atoms with Crippen molar-refractivity contribution in [1.82, 2.24) is 4.90 Å². The normalized spacial score (nSPS) is 11.2. The van der Waals surface area contributed by atoms with Crippen molar-refractivity contribution in [3.05, 3.63) is 53.1 Å². The number of amides is 1. The number of halogens is 3. The summed E-state index contributed by atoms with van der Waals surface area (Å²) < 4.78 is 50.0.